The van der Waals surface area contributed by atoms with Gasteiger partial charge in [-0.25, -0.2) is 12.8 Å². The normalized spacial score (nSPS) is 16.8. The number of amides is 1. The molecule has 0 aromatic heterocycles. The first kappa shape index (κ1) is 20.4. The third-order valence-corrected chi connectivity index (χ3v) is 8.35. The van der Waals surface area contributed by atoms with Crippen LogP contribution in [-0.2, 0) is 22.9 Å². The van der Waals surface area contributed by atoms with E-state index < -0.39 is 15.8 Å². The summed E-state index contributed by atoms with van der Waals surface area (Å²) >= 11 is 5.75. The van der Waals surface area contributed by atoms with Crippen LogP contribution in [0.4, 0.5) is 4.39 Å². The zero-order valence-electron chi connectivity index (χ0n) is 16.6. The smallest absolute Gasteiger partial charge is 0.254 e. The van der Waals surface area contributed by atoms with E-state index in [-0.39, 0.29) is 42.0 Å². The Morgan fingerprint density at radius 1 is 0.935 bits per heavy atom. The SMILES string of the molecule is O=C(c1ccc2c3c(cccc13)CC2)N1CCN(S(=O)(=O)c2ccc(F)c(Cl)c2)CC1. The average molecular weight is 459 g/mol. The molecule has 0 bridgehead atoms. The van der Waals surface area contributed by atoms with E-state index in [0.29, 0.717) is 5.56 Å². The van der Waals surface area contributed by atoms with Gasteiger partial charge in [-0.1, -0.05) is 35.9 Å². The zero-order valence-corrected chi connectivity index (χ0v) is 18.2. The van der Waals surface area contributed by atoms with Crippen molar-refractivity contribution in [1.82, 2.24) is 9.21 Å². The van der Waals surface area contributed by atoms with Crippen molar-refractivity contribution in [3.63, 3.8) is 0 Å². The van der Waals surface area contributed by atoms with Crippen LogP contribution in [0.15, 0.2) is 53.4 Å². The Hall–Kier alpha value is -2.48. The minimum atomic E-state index is -3.81. The maximum atomic E-state index is 13.4. The molecule has 31 heavy (non-hydrogen) atoms. The molecule has 1 aliphatic carbocycles. The summed E-state index contributed by atoms with van der Waals surface area (Å²) in [6.45, 7) is 0.917. The summed E-state index contributed by atoms with van der Waals surface area (Å²) in [7, 11) is -3.81. The quantitative estimate of drug-likeness (QED) is 0.598. The average Bonchev–Trinajstić information content (AvgIpc) is 3.20. The molecule has 0 saturated carbocycles. The number of hydrogen-bond donors (Lipinski definition) is 0. The van der Waals surface area contributed by atoms with Crippen molar-refractivity contribution in [3.05, 3.63) is 76.1 Å². The van der Waals surface area contributed by atoms with Crippen molar-refractivity contribution in [3.8, 4) is 0 Å². The predicted octanol–water partition coefficient (Wildman–Crippen LogP) is 3.88. The molecule has 1 heterocycles. The zero-order chi connectivity index (χ0) is 21.8. The molecule has 5 nitrogen and oxygen atoms in total. The number of rotatable bonds is 3. The lowest BCUT2D eigenvalue weighted by Crippen LogP contribution is -2.50. The highest BCUT2D eigenvalue weighted by molar-refractivity contribution is 7.89. The summed E-state index contributed by atoms with van der Waals surface area (Å²) in [4.78, 5) is 14.9. The van der Waals surface area contributed by atoms with Gasteiger partial charge >= 0.3 is 0 Å². The van der Waals surface area contributed by atoms with E-state index in [4.69, 9.17) is 11.6 Å². The van der Waals surface area contributed by atoms with E-state index in [1.54, 1.807) is 4.90 Å². The molecule has 1 aliphatic heterocycles. The number of benzene rings is 3. The van der Waals surface area contributed by atoms with Crippen molar-refractivity contribution in [1.29, 1.82) is 0 Å². The van der Waals surface area contributed by atoms with Gasteiger partial charge in [0.25, 0.3) is 5.91 Å². The van der Waals surface area contributed by atoms with E-state index in [1.165, 1.54) is 26.9 Å². The highest BCUT2D eigenvalue weighted by atomic mass is 35.5. The first-order valence-electron chi connectivity index (χ1n) is 10.1. The van der Waals surface area contributed by atoms with Crippen LogP contribution in [-0.4, -0.2) is 49.7 Å². The number of sulfonamides is 1. The molecule has 3 aromatic carbocycles. The van der Waals surface area contributed by atoms with Crippen LogP contribution in [0.5, 0.6) is 0 Å². The van der Waals surface area contributed by atoms with E-state index in [0.717, 1.165) is 30.4 Å². The summed E-state index contributed by atoms with van der Waals surface area (Å²) in [6.07, 6.45) is 1.99. The van der Waals surface area contributed by atoms with Crippen molar-refractivity contribution in [2.45, 2.75) is 17.7 Å². The fourth-order valence-corrected chi connectivity index (χ4v) is 6.22. The minimum Gasteiger partial charge on any atom is -0.336 e. The van der Waals surface area contributed by atoms with Gasteiger partial charge in [0.1, 0.15) is 5.82 Å². The van der Waals surface area contributed by atoms with E-state index in [2.05, 4.69) is 6.07 Å². The molecular formula is C23H20ClFN2O3S. The van der Waals surface area contributed by atoms with Gasteiger partial charge < -0.3 is 4.90 Å². The van der Waals surface area contributed by atoms with Crippen molar-refractivity contribution in [2.75, 3.05) is 26.2 Å². The second kappa shape index (κ2) is 7.58. The summed E-state index contributed by atoms with van der Waals surface area (Å²) in [5.41, 5.74) is 3.20. The summed E-state index contributed by atoms with van der Waals surface area (Å²) in [6, 6.07) is 13.4. The number of aryl methyl sites for hydroxylation is 2. The van der Waals surface area contributed by atoms with Crippen LogP contribution in [0.3, 0.4) is 0 Å². The maximum Gasteiger partial charge on any atom is 0.254 e. The molecule has 3 aromatic rings. The van der Waals surface area contributed by atoms with Gasteiger partial charge in [0.15, 0.2) is 0 Å². The highest BCUT2D eigenvalue weighted by Crippen LogP contribution is 2.33. The fraction of sp³-hybridized carbons (Fsp3) is 0.261. The molecule has 0 spiro atoms. The highest BCUT2D eigenvalue weighted by Gasteiger charge is 2.31. The summed E-state index contributed by atoms with van der Waals surface area (Å²) in [5.74, 6) is -0.751. The fourth-order valence-electron chi connectivity index (χ4n) is 4.52. The Morgan fingerprint density at radius 3 is 2.35 bits per heavy atom. The second-order valence-corrected chi connectivity index (χ2v) is 10.2. The number of hydrogen-bond acceptors (Lipinski definition) is 3. The van der Waals surface area contributed by atoms with Gasteiger partial charge in [0.05, 0.1) is 9.92 Å². The second-order valence-electron chi connectivity index (χ2n) is 7.88. The number of nitrogens with zero attached hydrogens (tertiary/aromatic N) is 2. The minimum absolute atomic E-state index is 0.0498. The Bertz CT molecular complexity index is 1310. The standard InChI is InChI=1S/C23H20ClFN2O3S/c24-20-14-17(7-9-21(20)25)31(29,30)27-12-10-26(11-13-27)23(28)19-8-6-16-5-4-15-2-1-3-18(19)22(15)16/h1-3,6-9,14H,4-5,10-13H2. The molecule has 2 aliphatic rings. The van der Waals surface area contributed by atoms with E-state index >= 15 is 0 Å². The Morgan fingerprint density at radius 2 is 1.65 bits per heavy atom. The lowest BCUT2D eigenvalue weighted by molar-refractivity contribution is 0.0700. The van der Waals surface area contributed by atoms with Crippen molar-refractivity contribution < 1.29 is 17.6 Å². The molecule has 8 heteroatoms. The monoisotopic (exact) mass is 458 g/mol. The molecule has 5 rings (SSSR count). The van der Waals surface area contributed by atoms with Crippen LogP contribution in [0.1, 0.15) is 21.5 Å². The molecule has 1 fully saturated rings. The van der Waals surface area contributed by atoms with Crippen molar-refractivity contribution >= 4 is 38.3 Å². The first-order chi connectivity index (χ1) is 14.9. The van der Waals surface area contributed by atoms with Crippen molar-refractivity contribution in [2.24, 2.45) is 0 Å². The van der Waals surface area contributed by atoms with Crippen LogP contribution >= 0.6 is 11.6 Å². The predicted molar refractivity (Wildman–Crippen MR) is 117 cm³/mol. The van der Waals surface area contributed by atoms with Crippen LogP contribution < -0.4 is 0 Å². The first-order valence-corrected chi connectivity index (χ1v) is 12.0. The molecule has 1 amide bonds. The van der Waals surface area contributed by atoms with E-state index in [1.807, 2.05) is 24.3 Å². The number of halogens is 2. The number of carbonyl (C=O) groups is 1. The Balaban J connectivity index is 1.36. The number of piperazine rings is 1. The van der Waals surface area contributed by atoms with Gasteiger partial charge in [-0.2, -0.15) is 4.31 Å². The Labute approximate surface area is 185 Å². The topological polar surface area (TPSA) is 57.7 Å². The van der Waals surface area contributed by atoms with Crippen LogP contribution in [0.25, 0.3) is 10.8 Å². The molecule has 0 unspecified atom stereocenters. The van der Waals surface area contributed by atoms with Crippen LogP contribution in [0.2, 0.25) is 5.02 Å². The number of carbonyl (C=O) groups excluding carboxylic acids is 1. The van der Waals surface area contributed by atoms with Gasteiger partial charge in [-0.15, -0.1) is 0 Å². The summed E-state index contributed by atoms with van der Waals surface area (Å²) < 4.78 is 40.5. The maximum absolute atomic E-state index is 13.4. The molecule has 0 N–H and O–H groups in total. The molecular weight excluding hydrogens is 439 g/mol. The third-order valence-electron chi connectivity index (χ3n) is 6.16. The van der Waals surface area contributed by atoms with Gasteiger partial charge in [0.2, 0.25) is 10.0 Å². The van der Waals surface area contributed by atoms with Gasteiger partial charge in [0, 0.05) is 31.7 Å². The molecule has 1 saturated heterocycles. The van der Waals surface area contributed by atoms with Crippen LogP contribution in [0, 0.1) is 5.82 Å². The van der Waals surface area contributed by atoms with E-state index in [9.17, 15) is 17.6 Å². The molecule has 0 atom stereocenters. The lowest BCUT2D eigenvalue weighted by atomic mass is 9.99. The molecule has 0 radical (unpaired) electrons. The molecule has 160 valence electrons. The van der Waals surface area contributed by atoms with Gasteiger partial charge in [-0.05, 0) is 59.0 Å². The van der Waals surface area contributed by atoms with Gasteiger partial charge in [-0.3, -0.25) is 4.79 Å². The lowest BCUT2D eigenvalue weighted by Gasteiger charge is -2.34. The third kappa shape index (κ3) is 3.41. The Kier molecular flexibility index (Phi) is 5.00. The summed E-state index contributed by atoms with van der Waals surface area (Å²) in [5, 5.41) is 1.91. The largest absolute Gasteiger partial charge is 0.336 e.